The minimum absolute atomic E-state index is 0.113. The lowest BCUT2D eigenvalue weighted by molar-refractivity contribution is 0.0127. The second-order valence-electron chi connectivity index (χ2n) is 5.46. The predicted molar refractivity (Wildman–Crippen MR) is 87.9 cm³/mol. The summed E-state index contributed by atoms with van der Waals surface area (Å²) in [6, 6.07) is 6.53. The Balaban J connectivity index is 1.97. The first-order chi connectivity index (χ1) is 12.4. The number of rotatable bonds is 5. The highest BCUT2D eigenvalue weighted by Gasteiger charge is 2.26. The van der Waals surface area contributed by atoms with Gasteiger partial charge in [0.1, 0.15) is 29.3 Å². The second kappa shape index (κ2) is 6.99. The van der Waals surface area contributed by atoms with Crippen LogP contribution >= 0.6 is 0 Å². The number of benzene rings is 1. The molecule has 5 nitrogen and oxygen atoms in total. The lowest BCUT2D eigenvalue weighted by Gasteiger charge is -2.13. The minimum atomic E-state index is -3.05. The number of methoxy groups -OCH3 is 1. The molecular weight excluding hydrogens is 347 g/mol. The van der Waals surface area contributed by atoms with Gasteiger partial charge in [0.25, 0.3) is 5.92 Å². The summed E-state index contributed by atoms with van der Waals surface area (Å²) in [7, 11) is 1.45. The number of pyridine rings is 1. The van der Waals surface area contributed by atoms with E-state index in [1.54, 1.807) is 0 Å². The largest absolute Gasteiger partial charge is 0.496 e. The molecule has 0 spiro atoms. The van der Waals surface area contributed by atoms with Crippen LogP contribution in [0.15, 0.2) is 49.1 Å². The number of ether oxygens (including phenoxy) is 2. The van der Waals surface area contributed by atoms with Crippen LogP contribution in [0.1, 0.15) is 12.6 Å². The Kier molecular flexibility index (Phi) is 4.75. The number of hydrogen-bond acceptors (Lipinski definition) is 5. The lowest BCUT2D eigenvalue weighted by atomic mass is 10.1. The smallest absolute Gasteiger partial charge is 0.286 e. The van der Waals surface area contributed by atoms with Gasteiger partial charge in [0, 0.05) is 18.7 Å². The van der Waals surface area contributed by atoms with Gasteiger partial charge in [-0.3, -0.25) is 4.98 Å². The van der Waals surface area contributed by atoms with E-state index in [1.165, 1.54) is 56.2 Å². The fourth-order valence-electron chi connectivity index (χ4n) is 2.29. The van der Waals surface area contributed by atoms with Crippen molar-refractivity contribution in [1.29, 1.82) is 0 Å². The maximum absolute atomic E-state index is 13.7. The monoisotopic (exact) mass is 361 g/mol. The third kappa shape index (κ3) is 3.74. The molecule has 0 unspecified atom stereocenters. The van der Waals surface area contributed by atoms with Crippen LogP contribution in [0.3, 0.4) is 0 Å². The van der Waals surface area contributed by atoms with Gasteiger partial charge in [0.15, 0.2) is 0 Å². The van der Waals surface area contributed by atoms with Crippen molar-refractivity contribution in [3.8, 4) is 28.5 Å². The first-order valence-corrected chi connectivity index (χ1v) is 7.54. The SMILES string of the molecule is COc1ccc(F)cc1-c1cncnc1Oc1ccc(C(C)(F)F)nc1. The van der Waals surface area contributed by atoms with E-state index in [1.807, 2.05) is 0 Å². The highest BCUT2D eigenvalue weighted by Crippen LogP contribution is 2.37. The molecule has 8 heteroatoms. The maximum atomic E-state index is 13.7. The Bertz CT molecular complexity index is 912. The van der Waals surface area contributed by atoms with E-state index in [2.05, 4.69) is 15.0 Å². The van der Waals surface area contributed by atoms with Crippen LogP contribution in [0.5, 0.6) is 17.4 Å². The number of nitrogens with zero attached hydrogens (tertiary/aromatic N) is 3. The topological polar surface area (TPSA) is 57.1 Å². The molecule has 2 heterocycles. The van der Waals surface area contributed by atoms with Crippen molar-refractivity contribution in [1.82, 2.24) is 15.0 Å². The van der Waals surface area contributed by atoms with E-state index < -0.39 is 11.7 Å². The molecule has 26 heavy (non-hydrogen) atoms. The van der Waals surface area contributed by atoms with E-state index in [-0.39, 0.29) is 17.3 Å². The van der Waals surface area contributed by atoms with Gasteiger partial charge in [0.2, 0.25) is 5.88 Å². The van der Waals surface area contributed by atoms with Crippen LogP contribution in [0.4, 0.5) is 13.2 Å². The Hall–Kier alpha value is -3.16. The molecule has 3 rings (SSSR count). The summed E-state index contributed by atoms with van der Waals surface area (Å²) in [5.41, 5.74) is 0.404. The summed E-state index contributed by atoms with van der Waals surface area (Å²) in [5.74, 6) is -2.79. The normalized spacial score (nSPS) is 11.3. The Morgan fingerprint density at radius 3 is 2.46 bits per heavy atom. The Morgan fingerprint density at radius 2 is 1.81 bits per heavy atom. The third-order valence-corrected chi connectivity index (χ3v) is 3.53. The molecule has 0 aliphatic rings. The zero-order valence-electron chi connectivity index (χ0n) is 13.9. The van der Waals surface area contributed by atoms with Gasteiger partial charge in [-0.05, 0) is 30.3 Å². The zero-order valence-corrected chi connectivity index (χ0v) is 13.9. The molecular formula is C18H14F3N3O2. The lowest BCUT2D eigenvalue weighted by Crippen LogP contribution is -2.09. The van der Waals surface area contributed by atoms with Crippen LogP contribution in [-0.2, 0) is 5.92 Å². The van der Waals surface area contributed by atoms with E-state index in [4.69, 9.17) is 9.47 Å². The standard InChI is InChI=1S/C18H14F3N3O2/c1-18(20,21)16-6-4-12(8-23-16)26-17-14(9-22-10-24-17)13-7-11(19)3-5-15(13)25-2/h3-10H,1-2H3. The first-order valence-electron chi connectivity index (χ1n) is 7.54. The van der Waals surface area contributed by atoms with Crippen molar-refractivity contribution < 1.29 is 22.6 Å². The molecule has 3 aromatic rings. The highest BCUT2D eigenvalue weighted by molar-refractivity contribution is 5.74. The molecule has 134 valence electrons. The molecule has 0 aliphatic heterocycles. The molecule has 0 radical (unpaired) electrons. The third-order valence-electron chi connectivity index (χ3n) is 3.53. The second-order valence-corrected chi connectivity index (χ2v) is 5.46. The van der Waals surface area contributed by atoms with Gasteiger partial charge in [-0.2, -0.15) is 8.78 Å². The van der Waals surface area contributed by atoms with Crippen molar-refractivity contribution in [3.05, 3.63) is 60.6 Å². The van der Waals surface area contributed by atoms with Crippen LogP contribution in [-0.4, -0.2) is 22.1 Å². The van der Waals surface area contributed by atoms with Crippen LogP contribution < -0.4 is 9.47 Å². The number of hydrogen-bond donors (Lipinski definition) is 0. The van der Waals surface area contributed by atoms with Gasteiger partial charge in [-0.15, -0.1) is 0 Å². The summed E-state index contributed by atoms with van der Waals surface area (Å²) >= 11 is 0. The zero-order chi connectivity index (χ0) is 18.7. The van der Waals surface area contributed by atoms with Gasteiger partial charge in [0.05, 0.1) is 18.9 Å². The number of halogens is 3. The van der Waals surface area contributed by atoms with Gasteiger partial charge in [-0.1, -0.05) is 0 Å². The Morgan fingerprint density at radius 1 is 1.00 bits per heavy atom. The molecule has 0 saturated carbocycles. The molecule has 0 N–H and O–H groups in total. The average molecular weight is 361 g/mol. The number of alkyl halides is 2. The highest BCUT2D eigenvalue weighted by atomic mass is 19.3. The molecule has 0 saturated heterocycles. The van der Waals surface area contributed by atoms with E-state index in [0.29, 0.717) is 16.9 Å². The van der Waals surface area contributed by atoms with Crippen LogP contribution in [0, 0.1) is 5.82 Å². The molecule has 0 atom stereocenters. The summed E-state index contributed by atoms with van der Waals surface area (Å²) in [6.45, 7) is 0.759. The van der Waals surface area contributed by atoms with Crippen molar-refractivity contribution in [2.24, 2.45) is 0 Å². The summed E-state index contributed by atoms with van der Waals surface area (Å²) in [5, 5.41) is 0. The maximum Gasteiger partial charge on any atom is 0.286 e. The van der Waals surface area contributed by atoms with Gasteiger partial charge < -0.3 is 9.47 Å². The van der Waals surface area contributed by atoms with Crippen molar-refractivity contribution in [2.45, 2.75) is 12.8 Å². The summed E-state index contributed by atoms with van der Waals surface area (Å²) < 4.78 is 51.0. The van der Waals surface area contributed by atoms with Crippen LogP contribution in [0.25, 0.3) is 11.1 Å². The van der Waals surface area contributed by atoms with Gasteiger partial charge in [-0.25, -0.2) is 14.4 Å². The molecule has 0 fully saturated rings. The molecule has 0 bridgehead atoms. The van der Waals surface area contributed by atoms with E-state index >= 15 is 0 Å². The van der Waals surface area contributed by atoms with E-state index in [9.17, 15) is 13.2 Å². The first kappa shape index (κ1) is 17.7. The average Bonchev–Trinajstić information content (AvgIpc) is 2.62. The number of aromatic nitrogens is 3. The quantitative estimate of drug-likeness (QED) is 0.665. The van der Waals surface area contributed by atoms with E-state index in [0.717, 1.165) is 6.92 Å². The van der Waals surface area contributed by atoms with Crippen molar-refractivity contribution in [2.75, 3.05) is 7.11 Å². The van der Waals surface area contributed by atoms with Crippen molar-refractivity contribution >= 4 is 0 Å². The fourth-order valence-corrected chi connectivity index (χ4v) is 2.29. The molecule has 0 amide bonds. The van der Waals surface area contributed by atoms with Crippen molar-refractivity contribution in [3.63, 3.8) is 0 Å². The molecule has 0 aliphatic carbocycles. The minimum Gasteiger partial charge on any atom is -0.496 e. The summed E-state index contributed by atoms with van der Waals surface area (Å²) in [6.07, 6.45) is 3.87. The van der Waals surface area contributed by atoms with Crippen LogP contribution in [0.2, 0.25) is 0 Å². The Labute approximate surface area is 147 Å². The fraction of sp³-hybridized carbons (Fsp3) is 0.167. The molecule has 2 aromatic heterocycles. The molecule has 1 aromatic carbocycles. The van der Waals surface area contributed by atoms with Gasteiger partial charge >= 0.3 is 0 Å². The predicted octanol–water partition coefficient (Wildman–Crippen LogP) is 4.59. The summed E-state index contributed by atoms with van der Waals surface area (Å²) in [4.78, 5) is 11.7.